The summed E-state index contributed by atoms with van der Waals surface area (Å²) in [5, 5.41) is 10.5. The second-order valence-electron chi connectivity index (χ2n) is 9.96. The zero-order valence-corrected chi connectivity index (χ0v) is 20.7. The summed E-state index contributed by atoms with van der Waals surface area (Å²) >= 11 is 0. The smallest absolute Gasteiger partial charge is 0.454 e. The molecule has 40 heavy (non-hydrogen) atoms. The van der Waals surface area contributed by atoms with Crippen LogP contribution in [0.3, 0.4) is 0 Å². The molecule has 14 heteroatoms. The van der Waals surface area contributed by atoms with E-state index < -0.39 is 71.4 Å². The van der Waals surface area contributed by atoms with Crippen molar-refractivity contribution < 1.29 is 58.1 Å². The molecule has 0 amide bonds. The molecule has 0 bridgehead atoms. The first kappa shape index (κ1) is 31.9. The highest BCUT2D eigenvalue weighted by Crippen LogP contribution is 2.60. The van der Waals surface area contributed by atoms with Gasteiger partial charge < -0.3 is 9.84 Å². The Kier molecular flexibility index (Phi) is 8.77. The van der Waals surface area contributed by atoms with Gasteiger partial charge in [-0.05, 0) is 47.7 Å². The summed E-state index contributed by atoms with van der Waals surface area (Å²) in [7, 11) is 0. The van der Waals surface area contributed by atoms with Gasteiger partial charge in [0.2, 0.25) is 5.72 Å². The SMILES string of the molecule is NC(O)(C(F)(F)F)C(CC1CCCCC1)(c1cccc(OCc2cccc(C(F)(F)F)c2)c1)C(F)(F)C(F)(F)F. The second-order valence-corrected chi connectivity index (χ2v) is 9.96. The van der Waals surface area contributed by atoms with Crippen molar-refractivity contribution in [3.63, 3.8) is 0 Å². The number of alkyl halides is 11. The van der Waals surface area contributed by atoms with Crippen molar-refractivity contribution in [3.05, 3.63) is 65.2 Å². The minimum atomic E-state index is -6.56. The molecule has 0 spiro atoms. The van der Waals surface area contributed by atoms with Gasteiger partial charge in [-0.15, -0.1) is 0 Å². The van der Waals surface area contributed by atoms with Crippen molar-refractivity contribution in [2.75, 3.05) is 0 Å². The first-order chi connectivity index (χ1) is 18.2. The first-order valence-corrected chi connectivity index (χ1v) is 12.2. The van der Waals surface area contributed by atoms with E-state index in [4.69, 9.17) is 10.5 Å². The van der Waals surface area contributed by atoms with E-state index in [1.165, 1.54) is 6.07 Å². The van der Waals surface area contributed by atoms with E-state index in [0.717, 1.165) is 24.3 Å². The van der Waals surface area contributed by atoms with Gasteiger partial charge in [-0.1, -0.05) is 56.4 Å². The van der Waals surface area contributed by atoms with E-state index in [-0.39, 0.29) is 18.4 Å². The Labute approximate surface area is 222 Å². The Morgan fingerprint density at radius 1 is 0.750 bits per heavy atom. The summed E-state index contributed by atoms with van der Waals surface area (Å²) < 4.78 is 159. The maximum absolute atomic E-state index is 15.4. The Morgan fingerprint density at radius 3 is 1.88 bits per heavy atom. The molecule has 3 nitrogen and oxygen atoms in total. The molecule has 0 radical (unpaired) electrons. The topological polar surface area (TPSA) is 55.5 Å². The Bertz CT molecular complexity index is 1120. The van der Waals surface area contributed by atoms with Gasteiger partial charge in [0.25, 0.3) is 0 Å². The molecule has 2 atom stereocenters. The van der Waals surface area contributed by atoms with Gasteiger partial charge in [0.15, 0.2) is 0 Å². The zero-order chi connectivity index (χ0) is 30.2. The van der Waals surface area contributed by atoms with Gasteiger partial charge in [-0.25, -0.2) is 0 Å². The number of aliphatic hydroxyl groups is 1. The zero-order valence-electron chi connectivity index (χ0n) is 20.7. The van der Waals surface area contributed by atoms with Crippen LogP contribution in [0.15, 0.2) is 48.5 Å². The number of ether oxygens (including phenoxy) is 1. The summed E-state index contributed by atoms with van der Waals surface area (Å²) in [4.78, 5) is 0. The molecular formula is C26H26F11NO2. The summed E-state index contributed by atoms with van der Waals surface area (Å²) in [5.41, 5.74) is -6.82. The van der Waals surface area contributed by atoms with Crippen LogP contribution in [-0.4, -0.2) is 29.1 Å². The van der Waals surface area contributed by atoms with Crippen molar-refractivity contribution in [1.82, 2.24) is 0 Å². The number of hydrogen-bond acceptors (Lipinski definition) is 3. The van der Waals surface area contributed by atoms with Crippen molar-refractivity contribution in [3.8, 4) is 5.75 Å². The van der Waals surface area contributed by atoms with Crippen LogP contribution in [0.4, 0.5) is 48.3 Å². The van der Waals surface area contributed by atoms with Crippen molar-refractivity contribution in [2.45, 2.75) is 80.7 Å². The lowest BCUT2D eigenvalue weighted by Gasteiger charge is -2.51. The van der Waals surface area contributed by atoms with E-state index in [1.54, 1.807) is 0 Å². The predicted octanol–water partition coefficient (Wildman–Crippen LogP) is 7.90. The molecule has 0 aliphatic heterocycles. The maximum Gasteiger partial charge on any atom is 0.454 e. The molecule has 2 aromatic rings. The van der Waals surface area contributed by atoms with Crippen LogP contribution >= 0.6 is 0 Å². The van der Waals surface area contributed by atoms with Gasteiger partial charge in [-0.3, -0.25) is 5.73 Å². The predicted molar refractivity (Wildman–Crippen MR) is 121 cm³/mol. The van der Waals surface area contributed by atoms with Crippen LogP contribution in [0.5, 0.6) is 5.75 Å². The molecule has 1 aliphatic carbocycles. The third kappa shape index (κ3) is 6.02. The Balaban J connectivity index is 2.15. The fraction of sp³-hybridized carbons (Fsp3) is 0.538. The second kappa shape index (κ2) is 11.0. The lowest BCUT2D eigenvalue weighted by molar-refractivity contribution is -0.372. The average molecular weight is 593 g/mol. The van der Waals surface area contributed by atoms with Crippen LogP contribution in [0.25, 0.3) is 0 Å². The summed E-state index contributed by atoms with van der Waals surface area (Å²) in [5.74, 6) is -7.77. The van der Waals surface area contributed by atoms with E-state index in [1.807, 2.05) is 0 Å². The van der Waals surface area contributed by atoms with Gasteiger partial charge in [0.05, 0.1) is 5.56 Å². The highest BCUT2D eigenvalue weighted by atomic mass is 19.4. The molecule has 2 aromatic carbocycles. The third-order valence-electron chi connectivity index (χ3n) is 7.28. The number of benzene rings is 2. The summed E-state index contributed by atoms with van der Waals surface area (Å²) in [6.45, 7) is -0.634. The van der Waals surface area contributed by atoms with Crippen LogP contribution in [-0.2, 0) is 18.2 Å². The number of halogens is 11. The Hall–Kier alpha value is -2.61. The highest BCUT2D eigenvalue weighted by molar-refractivity contribution is 5.40. The van der Waals surface area contributed by atoms with Gasteiger partial charge >= 0.3 is 24.5 Å². The van der Waals surface area contributed by atoms with Crippen molar-refractivity contribution >= 4 is 0 Å². The average Bonchev–Trinajstić information content (AvgIpc) is 2.85. The molecule has 2 unspecified atom stereocenters. The summed E-state index contributed by atoms with van der Waals surface area (Å²) in [6, 6.07) is 6.62. The molecule has 3 N–H and O–H groups in total. The van der Waals surface area contributed by atoms with Crippen molar-refractivity contribution in [1.29, 1.82) is 0 Å². The van der Waals surface area contributed by atoms with Gasteiger partial charge in [-0.2, -0.15) is 48.3 Å². The van der Waals surface area contributed by atoms with Gasteiger partial charge in [0, 0.05) is 0 Å². The first-order valence-electron chi connectivity index (χ1n) is 12.2. The molecule has 0 aromatic heterocycles. The van der Waals surface area contributed by atoms with E-state index in [0.29, 0.717) is 37.5 Å². The van der Waals surface area contributed by atoms with Crippen molar-refractivity contribution in [2.24, 2.45) is 11.7 Å². The quantitative estimate of drug-likeness (QED) is 0.242. The standard InChI is InChI=1S/C26H26F11NO2/c27-22(28,29)19-10-4-8-17(12-19)15-40-20-11-5-9-18(13-20)21(23(30,31)25(32,33)34,24(38,39)26(35,36)37)14-16-6-2-1-3-7-16/h4-5,8-13,16,39H,1-3,6-7,14-15,38H2. The molecule has 3 rings (SSSR count). The van der Waals surface area contributed by atoms with E-state index in [9.17, 15) is 44.6 Å². The molecule has 1 fully saturated rings. The fourth-order valence-corrected chi connectivity index (χ4v) is 5.21. The molecular weight excluding hydrogens is 567 g/mol. The van der Waals surface area contributed by atoms with E-state index >= 15 is 8.78 Å². The number of rotatable bonds is 8. The third-order valence-corrected chi connectivity index (χ3v) is 7.28. The van der Waals surface area contributed by atoms with Crippen LogP contribution < -0.4 is 10.5 Å². The molecule has 224 valence electrons. The lowest BCUT2D eigenvalue weighted by atomic mass is 9.60. The minimum absolute atomic E-state index is 0.0371. The van der Waals surface area contributed by atoms with Crippen LogP contribution in [0.1, 0.15) is 55.2 Å². The maximum atomic E-state index is 15.4. The number of nitrogens with two attached hydrogens (primary N) is 1. The largest absolute Gasteiger partial charge is 0.489 e. The molecule has 1 aliphatic rings. The monoisotopic (exact) mass is 593 g/mol. The normalized spacial score (nSPS) is 19.1. The molecule has 0 saturated heterocycles. The minimum Gasteiger partial charge on any atom is -0.489 e. The van der Waals surface area contributed by atoms with Crippen LogP contribution in [0.2, 0.25) is 0 Å². The summed E-state index contributed by atoms with van der Waals surface area (Å²) in [6.07, 6.45) is -17.4. The van der Waals surface area contributed by atoms with Gasteiger partial charge in [0.1, 0.15) is 17.8 Å². The lowest BCUT2D eigenvalue weighted by Crippen LogP contribution is -2.76. The fourth-order valence-electron chi connectivity index (χ4n) is 5.21. The number of hydrogen-bond donors (Lipinski definition) is 2. The highest BCUT2D eigenvalue weighted by Gasteiger charge is 2.81. The Morgan fingerprint density at radius 2 is 1.32 bits per heavy atom. The molecule has 0 heterocycles. The van der Waals surface area contributed by atoms with E-state index in [2.05, 4.69) is 0 Å². The molecule has 1 saturated carbocycles. The van der Waals surface area contributed by atoms with Crippen LogP contribution in [0, 0.1) is 5.92 Å².